The molecule has 1 aromatic rings. The zero-order valence-corrected chi connectivity index (χ0v) is 13.0. The molecule has 0 aliphatic carbocycles. The molecule has 1 amide bonds. The van der Waals surface area contributed by atoms with Crippen LogP contribution in [0.15, 0.2) is 24.3 Å². The second-order valence-electron chi connectivity index (χ2n) is 5.23. The SMILES string of the molecule is CC1(C)C(=O)NCCN1S(=O)(=O)Cc1ccccc1Cl. The Morgan fingerprint density at radius 3 is 2.65 bits per heavy atom. The molecule has 0 atom stereocenters. The van der Waals surface area contributed by atoms with E-state index in [9.17, 15) is 13.2 Å². The van der Waals surface area contributed by atoms with Gasteiger partial charge in [0.15, 0.2) is 0 Å². The van der Waals surface area contributed by atoms with Crippen LogP contribution < -0.4 is 5.32 Å². The molecule has 1 aliphatic rings. The average Bonchev–Trinajstić information content (AvgIpc) is 2.35. The van der Waals surface area contributed by atoms with Crippen LogP contribution in [0.2, 0.25) is 5.02 Å². The fourth-order valence-electron chi connectivity index (χ4n) is 2.26. The van der Waals surface area contributed by atoms with Crippen LogP contribution in [-0.4, -0.2) is 37.3 Å². The third-order valence-electron chi connectivity index (χ3n) is 3.41. The first kappa shape index (κ1) is 15.3. The van der Waals surface area contributed by atoms with Crippen molar-refractivity contribution in [3.63, 3.8) is 0 Å². The smallest absolute Gasteiger partial charge is 0.241 e. The van der Waals surface area contributed by atoms with Gasteiger partial charge in [-0.15, -0.1) is 0 Å². The number of sulfonamides is 1. The van der Waals surface area contributed by atoms with Gasteiger partial charge in [-0.3, -0.25) is 4.79 Å². The van der Waals surface area contributed by atoms with Crippen molar-refractivity contribution in [2.75, 3.05) is 13.1 Å². The summed E-state index contributed by atoms with van der Waals surface area (Å²) in [4.78, 5) is 11.8. The summed E-state index contributed by atoms with van der Waals surface area (Å²) in [7, 11) is -3.61. The molecule has 0 bridgehead atoms. The second-order valence-corrected chi connectivity index (χ2v) is 7.54. The number of carbonyl (C=O) groups excluding carboxylic acids is 1. The molecule has 7 heteroatoms. The highest BCUT2D eigenvalue weighted by Gasteiger charge is 2.44. The summed E-state index contributed by atoms with van der Waals surface area (Å²) in [5.41, 5.74) is -0.547. The van der Waals surface area contributed by atoms with Gasteiger partial charge >= 0.3 is 0 Å². The van der Waals surface area contributed by atoms with Gasteiger partial charge in [-0.05, 0) is 25.5 Å². The predicted molar refractivity (Wildman–Crippen MR) is 77.9 cm³/mol. The molecule has 0 radical (unpaired) electrons. The first-order valence-corrected chi connectivity index (χ1v) is 8.26. The number of hydrogen-bond acceptors (Lipinski definition) is 3. The second kappa shape index (κ2) is 5.35. The summed E-state index contributed by atoms with van der Waals surface area (Å²) in [5.74, 6) is -0.491. The third kappa shape index (κ3) is 2.82. The largest absolute Gasteiger partial charge is 0.353 e. The summed E-state index contributed by atoms with van der Waals surface area (Å²) >= 11 is 6.01. The van der Waals surface area contributed by atoms with Gasteiger partial charge in [-0.2, -0.15) is 4.31 Å². The molecular weight excluding hydrogens is 300 g/mol. The minimum absolute atomic E-state index is 0.205. The maximum Gasteiger partial charge on any atom is 0.241 e. The van der Waals surface area contributed by atoms with Gasteiger partial charge in [0, 0.05) is 18.1 Å². The molecule has 1 fully saturated rings. The molecule has 0 spiro atoms. The highest BCUT2D eigenvalue weighted by atomic mass is 35.5. The predicted octanol–water partition coefficient (Wildman–Crippen LogP) is 1.38. The normalized spacial score (nSPS) is 19.6. The molecule has 0 unspecified atom stereocenters. The topological polar surface area (TPSA) is 66.5 Å². The average molecular weight is 317 g/mol. The lowest BCUT2D eigenvalue weighted by atomic mass is 10.0. The van der Waals surface area contributed by atoms with E-state index in [4.69, 9.17) is 11.6 Å². The van der Waals surface area contributed by atoms with Crippen molar-refractivity contribution in [2.45, 2.75) is 25.1 Å². The van der Waals surface area contributed by atoms with Gasteiger partial charge in [-0.1, -0.05) is 29.8 Å². The molecule has 0 saturated carbocycles. The lowest BCUT2D eigenvalue weighted by Crippen LogP contribution is -2.63. The summed E-state index contributed by atoms with van der Waals surface area (Å²) in [6.07, 6.45) is 0. The summed E-state index contributed by atoms with van der Waals surface area (Å²) in [6.45, 7) is 3.80. The lowest BCUT2D eigenvalue weighted by molar-refractivity contribution is -0.131. The van der Waals surface area contributed by atoms with Crippen LogP contribution in [-0.2, 0) is 20.6 Å². The minimum Gasteiger partial charge on any atom is -0.353 e. The molecule has 1 N–H and O–H groups in total. The number of rotatable bonds is 3. The summed E-state index contributed by atoms with van der Waals surface area (Å²) in [5, 5.41) is 3.09. The van der Waals surface area contributed by atoms with E-state index in [2.05, 4.69) is 5.32 Å². The van der Waals surface area contributed by atoms with Crippen LogP contribution in [0, 0.1) is 0 Å². The van der Waals surface area contributed by atoms with Gasteiger partial charge in [0.2, 0.25) is 15.9 Å². The van der Waals surface area contributed by atoms with Crippen molar-refractivity contribution in [1.82, 2.24) is 9.62 Å². The van der Waals surface area contributed by atoms with Gasteiger partial charge in [0.05, 0.1) is 5.75 Å². The molecule has 110 valence electrons. The van der Waals surface area contributed by atoms with E-state index in [1.807, 2.05) is 0 Å². The summed E-state index contributed by atoms with van der Waals surface area (Å²) in [6, 6.07) is 6.82. The Hall–Kier alpha value is -1.11. The van der Waals surface area contributed by atoms with Crippen molar-refractivity contribution < 1.29 is 13.2 Å². The quantitative estimate of drug-likeness (QED) is 0.916. The molecule has 5 nitrogen and oxygen atoms in total. The first-order chi connectivity index (χ1) is 9.25. The van der Waals surface area contributed by atoms with E-state index < -0.39 is 15.6 Å². The van der Waals surface area contributed by atoms with E-state index in [1.165, 1.54) is 4.31 Å². The lowest BCUT2D eigenvalue weighted by Gasteiger charge is -2.39. The maximum atomic E-state index is 12.6. The Balaban J connectivity index is 2.31. The number of halogens is 1. The number of piperazine rings is 1. The van der Waals surface area contributed by atoms with Gasteiger partial charge in [0.1, 0.15) is 5.54 Å². The number of hydrogen-bond donors (Lipinski definition) is 1. The first-order valence-electron chi connectivity index (χ1n) is 6.27. The number of nitrogens with one attached hydrogen (secondary N) is 1. The molecule has 1 aliphatic heterocycles. The molecular formula is C13H17ClN2O3S. The zero-order chi connectivity index (χ0) is 15.0. The van der Waals surface area contributed by atoms with Crippen molar-refractivity contribution in [3.05, 3.63) is 34.9 Å². The zero-order valence-electron chi connectivity index (χ0n) is 11.4. The third-order valence-corrected chi connectivity index (χ3v) is 5.77. The van der Waals surface area contributed by atoms with Crippen molar-refractivity contribution in [3.8, 4) is 0 Å². The minimum atomic E-state index is -3.61. The van der Waals surface area contributed by atoms with Gasteiger partial charge in [0.25, 0.3) is 0 Å². The number of carbonyl (C=O) groups is 1. The van der Waals surface area contributed by atoms with Crippen molar-refractivity contribution >= 4 is 27.5 Å². The van der Waals surface area contributed by atoms with Crippen molar-refractivity contribution in [1.29, 1.82) is 0 Å². The molecule has 20 heavy (non-hydrogen) atoms. The molecule has 1 aromatic carbocycles. The number of benzene rings is 1. The Morgan fingerprint density at radius 1 is 1.35 bits per heavy atom. The molecule has 2 rings (SSSR count). The van der Waals surface area contributed by atoms with Crippen LogP contribution >= 0.6 is 11.6 Å². The van der Waals surface area contributed by atoms with Gasteiger partial charge < -0.3 is 5.32 Å². The van der Waals surface area contributed by atoms with E-state index in [0.29, 0.717) is 17.1 Å². The number of nitrogens with zero attached hydrogens (tertiary/aromatic N) is 1. The Labute approximate surface area is 124 Å². The van der Waals surface area contributed by atoms with E-state index in [-0.39, 0.29) is 18.2 Å². The highest BCUT2D eigenvalue weighted by molar-refractivity contribution is 7.88. The molecule has 1 saturated heterocycles. The highest BCUT2D eigenvalue weighted by Crippen LogP contribution is 2.26. The fraction of sp³-hybridized carbons (Fsp3) is 0.462. The van der Waals surface area contributed by atoms with E-state index in [0.717, 1.165) is 0 Å². The maximum absolute atomic E-state index is 12.6. The van der Waals surface area contributed by atoms with Crippen LogP contribution in [0.4, 0.5) is 0 Å². The fourth-order valence-corrected chi connectivity index (χ4v) is 4.49. The van der Waals surface area contributed by atoms with E-state index >= 15 is 0 Å². The van der Waals surface area contributed by atoms with E-state index in [1.54, 1.807) is 38.1 Å². The molecule has 1 heterocycles. The molecule has 0 aromatic heterocycles. The number of amides is 1. The monoisotopic (exact) mass is 316 g/mol. The Bertz CT molecular complexity index is 628. The van der Waals surface area contributed by atoms with Crippen LogP contribution in [0.1, 0.15) is 19.4 Å². The van der Waals surface area contributed by atoms with Gasteiger partial charge in [-0.25, -0.2) is 8.42 Å². The van der Waals surface area contributed by atoms with Crippen LogP contribution in [0.3, 0.4) is 0 Å². The van der Waals surface area contributed by atoms with Crippen LogP contribution in [0.25, 0.3) is 0 Å². The Morgan fingerprint density at radius 2 is 2.00 bits per heavy atom. The van der Waals surface area contributed by atoms with Crippen LogP contribution in [0.5, 0.6) is 0 Å². The standard InChI is InChI=1S/C13H17ClN2O3S/c1-13(2)12(17)15-7-8-16(13)20(18,19)9-10-5-3-4-6-11(10)14/h3-6H,7-9H2,1-2H3,(H,15,17). The summed E-state index contributed by atoms with van der Waals surface area (Å²) < 4.78 is 26.4. The Kier molecular flexibility index (Phi) is 4.09. The van der Waals surface area contributed by atoms with Crippen molar-refractivity contribution in [2.24, 2.45) is 0 Å².